The lowest BCUT2D eigenvalue weighted by Crippen LogP contribution is -2.45. The van der Waals surface area contributed by atoms with Gasteiger partial charge in [-0.2, -0.15) is 0 Å². The quantitative estimate of drug-likeness (QED) is 0.455. The first-order valence-electron chi connectivity index (χ1n) is 7.26. The first kappa shape index (κ1) is 14.0. The van der Waals surface area contributed by atoms with Gasteiger partial charge in [-0.3, -0.25) is 0 Å². The SMILES string of the molecule is CCN(C)CCCCC[N+]1(CC)CCCC1. The molecule has 1 rings (SSSR count). The highest BCUT2D eigenvalue weighted by Gasteiger charge is 2.28. The van der Waals surface area contributed by atoms with E-state index >= 15 is 0 Å². The van der Waals surface area contributed by atoms with Crippen LogP contribution < -0.4 is 0 Å². The van der Waals surface area contributed by atoms with E-state index in [0.717, 1.165) is 0 Å². The van der Waals surface area contributed by atoms with Crippen LogP contribution in [-0.4, -0.2) is 55.7 Å². The van der Waals surface area contributed by atoms with E-state index in [0.29, 0.717) is 0 Å². The maximum Gasteiger partial charge on any atom is 0.0788 e. The van der Waals surface area contributed by atoms with Crippen LogP contribution in [-0.2, 0) is 0 Å². The Hall–Kier alpha value is -0.0800. The molecule has 0 spiro atoms. The van der Waals surface area contributed by atoms with Crippen molar-refractivity contribution in [1.29, 1.82) is 0 Å². The maximum absolute atomic E-state index is 2.42. The zero-order chi connectivity index (χ0) is 11.9. The summed E-state index contributed by atoms with van der Waals surface area (Å²) in [6, 6.07) is 0. The summed E-state index contributed by atoms with van der Waals surface area (Å²) >= 11 is 0. The van der Waals surface area contributed by atoms with E-state index in [2.05, 4.69) is 25.8 Å². The first-order chi connectivity index (χ1) is 7.72. The lowest BCUT2D eigenvalue weighted by atomic mass is 10.2. The van der Waals surface area contributed by atoms with Crippen molar-refractivity contribution in [2.24, 2.45) is 0 Å². The summed E-state index contributed by atoms with van der Waals surface area (Å²) in [7, 11) is 2.22. The second-order valence-corrected chi connectivity index (χ2v) is 5.49. The standard InChI is InChI=1S/C14H31N2/c1-4-15(3)11-7-6-8-12-16(5-2)13-9-10-14-16/h4-14H2,1-3H3/q+1. The Morgan fingerprint density at radius 3 is 2.25 bits per heavy atom. The number of hydrogen-bond acceptors (Lipinski definition) is 1. The van der Waals surface area contributed by atoms with Crippen LogP contribution in [0.4, 0.5) is 0 Å². The van der Waals surface area contributed by atoms with Crippen LogP contribution in [0.2, 0.25) is 0 Å². The second-order valence-electron chi connectivity index (χ2n) is 5.49. The molecule has 1 heterocycles. The van der Waals surface area contributed by atoms with Gasteiger partial charge in [-0.15, -0.1) is 0 Å². The number of nitrogens with zero attached hydrogens (tertiary/aromatic N) is 2. The van der Waals surface area contributed by atoms with Gasteiger partial charge in [0.15, 0.2) is 0 Å². The number of quaternary nitrogens is 1. The zero-order valence-corrected chi connectivity index (χ0v) is 11.7. The van der Waals surface area contributed by atoms with Gasteiger partial charge in [0.05, 0.1) is 26.2 Å². The number of rotatable bonds is 8. The maximum atomic E-state index is 2.42. The molecule has 96 valence electrons. The van der Waals surface area contributed by atoms with Gasteiger partial charge in [-0.25, -0.2) is 0 Å². The highest BCUT2D eigenvalue weighted by Crippen LogP contribution is 2.20. The molecule has 1 fully saturated rings. The van der Waals surface area contributed by atoms with Gasteiger partial charge in [0, 0.05) is 12.8 Å². The minimum atomic E-state index is 1.19. The van der Waals surface area contributed by atoms with E-state index < -0.39 is 0 Å². The lowest BCUT2D eigenvalue weighted by molar-refractivity contribution is -0.915. The Morgan fingerprint density at radius 2 is 1.69 bits per heavy atom. The van der Waals surface area contributed by atoms with Crippen LogP contribution in [0, 0.1) is 0 Å². The molecule has 0 atom stereocenters. The number of hydrogen-bond donors (Lipinski definition) is 0. The van der Waals surface area contributed by atoms with Gasteiger partial charge in [0.1, 0.15) is 0 Å². The summed E-state index contributed by atoms with van der Waals surface area (Å²) in [5, 5.41) is 0. The van der Waals surface area contributed by atoms with Crippen LogP contribution in [0.25, 0.3) is 0 Å². The fourth-order valence-electron chi connectivity index (χ4n) is 2.87. The van der Waals surface area contributed by atoms with Gasteiger partial charge in [-0.1, -0.05) is 6.92 Å². The van der Waals surface area contributed by atoms with Gasteiger partial charge in [-0.05, 0) is 46.3 Å². The molecule has 0 aliphatic carbocycles. The molecular formula is C14H31N2+. The smallest absolute Gasteiger partial charge is 0.0788 e. The molecule has 0 bridgehead atoms. The molecule has 0 aromatic heterocycles. The van der Waals surface area contributed by atoms with E-state index in [1.54, 1.807) is 0 Å². The average molecular weight is 227 g/mol. The number of likely N-dealkylation sites (tertiary alicyclic amines) is 1. The van der Waals surface area contributed by atoms with Gasteiger partial charge in [0.2, 0.25) is 0 Å². The van der Waals surface area contributed by atoms with Crippen molar-refractivity contribution in [3.8, 4) is 0 Å². The monoisotopic (exact) mass is 227 g/mol. The second kappa shape index (κ2) is 7.29. The average Bonchev–Trinajstić information content (AvgIpc) is 2.77. The van der Waals surface area contributed by atoms with E-state index in [9.17, 15) is 0 Å². The Morgan fingerprint density at radius 1 is 1.00 bits per heavy atom. The van der Waals surface area contributed by atoms with Gasteiger partial charge < -0.3 is 9.38 Å². The highest BCUT2D eigenvalue weighted by molar-refractivity contribution is 4.55. The fourth-order valence-corrected chi connectivity index (χ4v) is 2.87. The molecular weight excluding hydrogens is 196 g/mol. The molecule has 0 N–H and O–H groups in total. The predicted molar refractivity (Wildman–Crippen MR) is 71.7 cm³/mol. The van der Waals surface area contributed by atoms with Crippen LogP contribution in [0.3, 0.4) is 0 Å². The molecule has 1 saturated heterocycles. The molecule has 1 aliphatic rings. The summed E-state index contributed by atoms with van der Waals surface area (Å²) in [5.41, 5.74) is 0. The lowest BCUT2D eigenvalue weighted by Gasteiger charge is -2.33. The first-order valence-corrected chi connectivity index (χ1v) is 7.26. The Bertz CT molecular complexity index is 174. The normalized spacial score (nSPS) is 19.5. The molecule has 16 heavy (non-hydrogen) atoms. The third kappa shape index (κ3) is 4.42. The van der Waals surface area contributed by atoms with Crippen molar-refractivity contribution in [1.82, 2.24) is 4.90 Å². The van der Waals surface area contributed by atoms with Crippen molar-refractivity contribution >= 4 is 0 Å². The van der Waals surface area contributed by atoms with Crippen molar-refractivity contribution in [3.05, 3.63) is 0 Å². The molecule has 0 amide bonds. The summed E-state index contributed by atoms with van der Waals surface area (Å²) < 4.78 is 1.42. The highest BCUT2D eigenvalue weighted by atomic mass is 15.4. The third-order valence-corrected chi connectivity index (χ3v) is 4.40. The molecule has 0 unspecified atom stereocenters. The summed E-state index contributed by atoms with van der Waals surface area (Å²) in [6.07, 6.45) is 7.17. The molecule has 1 aliphatic heterocycles. The van der Waals surface area contributed by atoms with E-state index in [1.807, 2.05) is 0 Å². The van der Waals surface area contributed by atoms with Crippen LogP contribution in [0.15, 0.2) is 0 Å². The van der Waals surface area contributed by atoms with Crippen molar-refractivity contribution in [3.63, 3.8) is 0 Å². The third-order valence-electron chi connectivity index (χ3n) is 4.40. The topological polar surface area (TPSA) is 3.24 Å². The summed E-state index contributed by atoms with van der Waals surface area (Å²) in [5.74, 6) is 0. The van der Waals surface area contributed by atoms with Crippen LogP contribution in [0.1, 0.15) is 46.0 Å². The Labute approximate surface area is 102 Å². The van der Waals surface area contributed by atoms with Gasteiger partial charge >= 0.3 is 0 Å². The molecule has 0 aromatic carbocycles. The fraction of sp³-hybridized carbons (Fsp3) is 1.00. The molecule has 0 aromatic rings. The van der Waals surface area contributed by atoms with E-state index in [-0.39, 0.29) is 0 Å². The Kier molecular flexibility index (Phi) is 6.37. The van der Waals surface area contributed by atoms with Crippen LogP contribution >= 0.6 is 0 Å². The molecule has 2 nitrogen and oxygen atoms in total. The summed E-state index contributed by atoms with van der Waals surface area (Å²) in [4.78, 5) is 2.42. The molecule has 2 heteroatoms. The number of unbranched alkanes of at least 4 members (excludes halogenated alkanes) is 2. The predicted octanol–water partition coefficient (Wildman–Crippen LogP) is 2.74. The van der Waals surface area contributed by atoms with Gasteiger partial charge in [0.25, 0.3) is 0 Å². The Balaban J connectivity index is 2.05. The van der Waals surface area contributed by atoms with Crippen molar-refractivity contribution in [2.75, 3.05) is 46.3 Å². The minimum absolute atomic E-state index is 1.19. The van der Waals surface area contributed by atoms with Crippen molar-refractivity contribution < 1.29 is 4.48 Å². The molecule has 0 saturated carbocycles. The van der Waals surface area contributed by atoms with E-state index in [1.165, 1.54) is 75.9 Å². The molecule has 0 radical (unpaired) electrons. The largest absolute Gasteiger partial charge is 0.324 e. The van der Waals surface area contributed by atoms with Crippen LogP contribution in [0.5, 0.6) is 0 Å². The van der Waals surface area contributed by atoms with Crippen molar-refractivity contribution in [2.45, 2.75) is 46.0 Å². The van der Waals surface area contributed by atoms with E-state index in [4.69, 9.17) is 0 Å². The zero-order valence-electron chi connectivity index (χ0n) is 11.7. The minimum Gasteiger partial charge on any atom is -0.324 e. The summed E-state index contributed by atoms with van der Waals surface area (Å²) in [6.45, 7) is 12.8.